The molecule has 0 aliphatic heterocycles. The zero-order valence-corrected chi connectivity index (χ0v) is 23.2. The van der Waals surface area contributed by atoms with Gasteiger partial charge in [-0.1, -0.05) is 48.0 Å². The number of nitrogens with one attached hydrogen (secondary N) is 1. The maximum atomic E-state index is 13.4. The molecule has 4 aromatic carbocycles. The number of carbonyl (C=O) groups excluding carboxylic acids is 1. The van der Waals surface area contributed by atoms with E-state index in [1.807, 2.05) is 62.4 Å². The lowest BCUT2D eigenvalue weighted by Crippen LogP contribution is -2.39. The monoisotopic (exact) mass is 557 g/mol. The summed E-state index contributed by atoms with van der Waals surface area (Å²) < 4.78 is 39.2. The largest absolute Gasteiger partial charge is 0.494 e. The molecule has 8 nitrogen and oxygen atoms in total. The van der Waals surface area contributed by atoms with E-state index in [0.717, 1.165) is 15.4 Å². The van der Waals surface area contributed by atoms with Gasteiger partial charge in [-0.05, 0) is 85.6 Å². The van der Waals surface area contributed by atoms with Gasteiger partial charge in [0, 0.05) is 0 Å². The quantitative estimate of drug-likeness (QED) is 0.188. The van der Waals surface area contributed by atoms with Gasteiger partial charge in [0.1, 0.15) is 24.7 Å². The van der Waals surface area contributed by atoms with Crippen molar-refractivity contribution in [3.8, 4) is 11.5 Å². The molecule has 0 unspecified atom stereocenters. The molecule has 0 heterocycles. The second-order valence-corrected chi connectivity index (χ2v) is 10.8. The zero-order valence-electron chi connectivity index (χ0n) is 22.4. The topological polar surface area (TPSA) is 97.3 Å². The van der Waals surface area contributed by atoms with Crippen LogP contribution in [0.4, 0.5) is 5.69 Å². The summed E-state index contributed by atoms with van der Waals surface area (Å²) in [7, 11) is -4.02. The van der Waals surface area contributed by atoms with Crippen LogP contribution in [0, 0.1) is 6.92 Å². The molecule has 4 rings (SSSR count). The SMILES string of the molecule is CCOc1ccc(N(CC(=O)NN=Cc2ccc(OCc3ccc(C)cc3)cc2)S(=O)(=O)c2ccccc2)cc1. The minimum Gasteiger partial charge on any atom is -0.494 e. The van der Waals surface area contributed by atoms with E-state index in [1.165, 1.54) is 23.9 Å². The molecule has 0 spiro atoms. The third kappa shape index (κ3) is 7.70. The summed E-state index contributed by atoms with van der Waals surface area (Å²) in [5.41, 5.74) is 5.76. The van der Waals surface area contributed by atoms with Crippen LogP contribution in [0.5, 0.6) is 11.5 Å². The highest BCUT2D eigenvalue weighted by Crippen LogP contribution is 2.25. The van der Waals surface area contributed by atoms with Crippen LogP contribution in [0.3, 0.4) is 0 Å². The first-order valence-electron chi connectivity index (χ1n) is 12.8. The Kier molecular flexibility index (Phi) is 9.53. The molecule has 4 aromatic rings. The van der Waals surface area contributed by atoms with Crippen molar-refractivity contribution >= 4 is 27.8 Å². The molecule has 0 aliphatic carbocycles. The van der Waals surface area contributed by atoms with Gasteiger partial charge in [0.15, 0.2) is 0 Å². The van der Waals surface area contributed by atoms with Crippen molar-refractivity contribution in [2.24, 2.45) is 5.10 Å². The molecule has 0 radical (unpaired) electrons. The van der Waals surface area contributed by atoms with Crippen molar-refractivity contribution in [1.29, 1.82) is 0 Å². The van der Waals surface area contributed by atoms with E-state index in [9.17, 15) is 13.2 Å². The van der Waals surface area contributed by atoms with Crippen LogP contribution in [0.2, 0.25) is 0 Å². The summed E-state index contributed by atoms with van der Waals surface area (Å²) >= 11 is 0. The maximum absolute atomic E-state index is 13.4. The number of benzene rings is 4. The molecule has 9 heteroatoms. The predicted octanol–water partition coefficient (Wildman–Crippen LogP) is 5.32. The number of amides is 1. The van der Waals surface area contributed by atoms with E-state index in [4.69, 9.17) is 9.47 Å². The first-order valence-corrected chi connectivity index (χ1v) is 14.2. The zero-order chi connectivity index (χ0) is 28.4. The van der Waals surface area contributed by atoms with Crippen LogP contribution in [-0.2, 0) is 21.4 Å². The summed E-state index contributed by atoms with van der Waals surface area (Å²) in [6.07, 6.45) is 1.48. The lowest BCUT2D eigenvalue weighted by Gasteiger charge is -2.24. The summed E-state index contributed by atoms with van der Waals surface area (Å²) in [5.74, 6) is 0.713. The number of sulfonamides is 1. The van der Waals surface area contributed by atoms with Gasteiger partial charge in [0.2, 0.25) is 0 Å². The van der Waals surface area contributed by atoms with Crippen molar-refractivity contribution in [1.82, 2.24) is 5.43 Å². The molecule has 0 saturated heterocycles. The van der Waals surface area contributed by atoms with Crippen LogP contribution in [-0.4, -0.2) is 33.7 Å². The minimum absolute atomic E-state index is 0.0740. The van der Waals surface area contributed by atoms with Gasteiger partial charge < -0.3 is 9.47 Å². The average molecular weight is 558 g/mol. The first kappa shape index (κ1) is 28.4. The molecule has 0 aliphatic rings. The number of aryl methyl sites for hydroxylation is 1. The fraction of sp³-hybridized carbons (Fsp3) is 0.161. The smallest absolute Gasteiger partial charge is 0.264 e. The Bertz CT molecular complexity index is 1520. The summed E-state index contributed by atoms with van der Waals surface area (Å²) in [4.78, 5) is 12.9. The second-order valence-electron chi connectivity index (χ2n) is 8.89. The van der Waals surface area contributed by atoms with Crippen LogP contribution in [0.25, 0.3) is 0 Å². The van der Waals surface area contributed by atoms with E-state index in [-0.39, 0.29) is 4.90 Å². The fourth-order valence-corrected chi connectivity index (χ4v) is 5.20. The van der Waals surface area contributed by atoms with Gasteiger partial charge in [0.25, 0.3) is 15.9 Å². The number of carbonyl (C=O) groups is 1. The molecular formula is C31H31N3O5S. The molecule has 206 valence electrons. The van der Waals surface area contributed by atoms with Crippen LogP contribution < -0.4 is 19.2 Å². The van der Waals surface area contributed by atoms with Gasteiger partial charge >= 0.3 is 0 Å². The summed E-state index contributed by atoms with van der Waals surface area (Å²) in [5, 5.41) is 4.01. The Hall–Kier alpha value is -4.63. The molecule has 1 N–H and O–H groups in total. The van der Waals surface area contributed by atoms with Gasteiger partial charge in [-0.3, -0.25) is 9.10 Å². The molecular weight excluding hydrogens is 526 g/mol. The van der Waals surface area contributed by atoms with Crippen LogP contribution in [0.1, 0.15) is 23.6 Å². The molecule has 0 fully saturated rings. The fourth-order valence-electron chi connectivity index (χ4n) is 3.76. The Morgan fingerprint density at radius 1 is 0.850 bits per heavy atom. The van der Waals surface area contributed by atoms with E-state index in [2.05, 4.69) is 10.5 Å². The third-order valence-corrected chi connectivity index (χ3v) is 7.65. The predicted molar refractivity (Wildman–Crippen MR) is 156 cm³/mol. The standard InChI is InChI=1S/C31H31N3O5S/c1-3-38-28-19-15-27(16-20-28)34(40(36,37)30-7-5-4-6-8-30)22-31(35)33-32-21-25-13-17-29(18-14-25)39-23-26-11-9-24(2)10-12-26/h4-21H,3,22-23H2,1-2H3,(H,33,35). The van der Waals surface area contributed by atoms with Gasteiger partial charge in [-0.25, -0.2) is 13.8 Å². The Morgan fingerprint density at radius 3 is 2.12 bits per heavy atom. The summed E-state index contributed by atoms with van der Waals surface area (Å²) in [6, 6.07) is 29.9. The second kappa shape index (κ2) is 13.4. The highest BCUT2D eigenvalue weighted by molar-refractivity contribution is 7.92. The number of hydrazone groups is 1. The number of hydrogen-bond donors (Lipinski definition) is 1. The average Bonchev–Trinajstić information content (AvgIpc) is 2.97. The van der Waals surface area contributed by atoms with Gasteiger partial charge in [-0.15, -0.1) is 0 Å². The lowest BCUT2D eigenvalue weighted by molar-refractivity contribution is -0.119. The van der Waals surface area contributed by atoms with Crippen molar-refractivity contribution in [3.05, 3.63) is 120 Å². The van der Waals surface area contributed by atoms with E-state index in [1.54, 1.807) is 42.5 Å². The molecule has 1 amide bonds. The molecule has 0 aromatic heterocycles. The first-order chi connectivity index (χ1) is 19.3. The number of anilines is 1. The minimum atomic E-state index is -4.02. The molecule has 0 bridgehead atoms. The third-order valence-electron chi connectivity index (χ3n) is 5.86. The van der Waals surface area contributed by atoms with E-state index >= 15 is 0 Å². The van der Waals surface area contributed by atoms with Crippen molar-refractivity contribution in [2.75, 3.05) is 17.5 Å². The van der Waals surface area contributed by atoms with Crippen molar-refractivity contribution in [3.63, 3.8) is 0 Å². The normalized spacial score (nSPS) is 11.2. The Morgan fingerprint density at radius 2 is 1.48 bits per heavy atom. The van der Waals surface area contributed by atoms with E-state index in [0.29, 0.717) is 30.4 Å². The van der Waals surface area contributed by atoms with Crippen molar-refractivity contribution in [2.45, 2.75) is 25.3 Å². The van der Waals surface area contributed by atoms with Crippen LogP contribution in [0.15, 0.2) is 113 Å². The number of nitrogens with zero attached hydrogens (tertiary/aromatic N) is 2. The number of rotatable bonds is 12. The highest BCUT2D eigenvalue weighted by atomic mass is 32.2. The number of hydrogen-bond acceptors (Lipinski definition) is 6. The van der Waals surface area contributed by atoms with Crippen molar-refractivity contribution < 1.29 is 22.7 Å². The number of ether oxygens (including phenoxy) is 2. The molecule has 40 heavy (non-hydrogen) atoms. The Balaban J connectivity index is 1.40. The Labute approximate surface area is 234 Å². The van der Waals surface area contributed by atoms with Gasteiger partial charge in [0.05, 0.1) is 23.4 Å². The maximum Gasteiger partial charge on any atom is 0.264 e. The highest BCUT2D eigenvalue weighted by Gasteiger charge is 2.27. The summed E-state index contributed by atoms with van der Waals surface area (Å²) in [6.45, 7) is 4.38. The van der Waals surface area contributed by atoms with Gasteiger partial charge in [-0.2, -0.15) is 5.10 Å². The van der Waals surface area contributed by atoms with Crippen LogP contribution >= 0.6 is 0 Å². The molecule has 0 saturated carbocycles. The lowest BCUT2D eigenvalue weighted by atomic mass is 10.2. The molecule has 0 atom stereocenters. The van der Waals surface area contributed by atoms with E-state index < -0.39 is 22.5 Å².